The molecule has 1 saturated carbocycles. The SMILES string of the molecule is CS(=O)(=O)NC(=O)c1cc(C2CC2)cc(OCC2CN(C(=O)c3ccccc3)C2)c1F. The zero-order chi connectivity index (χ0) is 22.2. The highest BCUT2D eigenvalue weighted by atomic mass is 32.2. The van der Waals surface area contributed by atoms with Crippen LogP contribution >= 0.6 is 0 Å². The maximum Gasteiger partial charge on any atom is 0.267 e. The van der Waals surface area contributed by atoms with E-state index in [1.54, 1.807) is 40.0 Å². The molecule has 2 amide bonds. The molecule has 2 aromatic rings. The number of amides is 2. The minimum atomic E-state index is -3.82. The summed E-state index contributed by atoms with van der Waals surface area (Å²) in [6.07, 6.45) is 2.69. The fourth-order valence-corrected chi connectivity index (χ4v) is 4.02. The number of ether oxygens (including phenoxy) is 1. The number of sulfonamides is 1. The molecule has 1 aliphatic carbocycles. The fourth-order valence-electron chi connectivity index (χ4n) is 3.58. The number of rotatable bonds is 7. The molecule has 2 fully saturated rings. The van der Waals surface area contributed by atoms with Crippen molar-refractivity contribution in [2.45, 2.75) is 18.8 Å². The number of benzene rings is 2. The Balaban J connectivity index is 1.42. The second kappa shape index (κ2) is 8.30. The van der Waals surface area contributed by atoms with Gasteiger partial charge < -0.3 is 9.64 Å². The lowest BCUT2D eigenvalue weighted by atomic mass is 9.99. The summed E-state index contributed by atoms with van der Waals surface area (Å²) in [5, 5.41) is 0. The van der Waals surface area contributed by atoms with Crippen LogP contribution in [0.15, 0.2) is 42.5 Å². The van der Waals surface area contributed by atoms with Gasteiger partial charge in [-0.2, -0.15) is 0 Å². The Labute approximate surface area is 180 Å². The Morgan fingerprint density at radius 1 is 1.16 bits per heavy atom. The maximum atomic E-state index is 14.9. The number of likely N-dealkylation sites (tertiary alicyclic amines) is 1. The summed E-state index contributed by atoms with van der Waals surface area (Å²) in [7, 11) is -3.82. The zero-order valence-electron chi connectivity index (χ0n) is 17.0. The second-order valence-corrected chi connectivity index (χ2v) is 9.86. The number of hydrogen-bond acceptors (Lipinski definition) is 5. The molecule has 9 heteroatoms. The van der Waals surface area contributed by atoms with Gasteiger partial charge in [-0.1, -0.05) is 18.2 Å². The molecule has 0 aromatic heterocycles. The zero-order valence-corrected chi connectivity index (χ0v) is 17.8. The molecular formula is C22H23FN2O5S. The van der Waals surface area contributed by atoms with Crippen molar-refractivity contribution in [2.24, 2.45) is 5.92 Å². The van der Waals surface area contributed by atoms with E-state index in [2.05, 4.69) is 0 Å². The van der Waals surface area contributed by atoms with Gasteiger partial charge in [0.2, 0.25) is 10.0 Å². The Morgan fingerprint density at radius 2 is 1.84 bits per heavy atom. The van der Waals surface area contributed by atoms with Crippen LogP contribution in [-0.2, 0) is 10.0 Å². The highest BCUT2D eigenvalue weighted by Gasteiger charge is 2.33. The van der Waals surface area contributed by atoms with Crippen molar-refractivity contribution in [1.82, 2.24) is 9.62 Å². The van der Waals surface area contributed by atoms with Gasteiger partial charge in [-0.15, -0.1) is 0 Å². The number of halogens is 1. The largest absolute Gasteiger partial charge is 0.490 e. The van der Waals surface area contributed by atoms with E-state index in [1.807, 2.05) is 6.07 Å². The molecule has 0 atom stereocenters. The van der Waals surface area contributed by atoms with E-state index in [9.17, 15) is 22.4 Å². The predicted octanol–water partition coefficient (Wildman–Crippen LogP) is 2.54. The van der Waals surface area contributed by atoms with Gasteiger partial charge in [0.05, 0.1) is 18.4 Å². The topological polar surface area (TPSA) is 92.8 Å². The van der Waals surface area contributed by atoms with Crippen molar-refractivity contribution in [1.29, 1.82) is 0 Å². The van der Waals surface area contributed by atoms with Crippen LogP contribution in [0.4, 0.5) is 4.39 Å². The quantitative estimate of drug-likeness (QED) is 0.706. The first kappa shape index (κ1) is 21.3. The summed E-state index contributed by atoms with van der Waals surface area (Å²) in [6, 6.07) is 11.9. The number of carbonyl (C=O) groups excluding carboxylic acids is 2. The van der Waals surface area contributed by atoms with Gasteiger partial charge in [0.1, 0.15) is 0 Å². The molecule has 0 unspecified atom stereocenters. The summed E-state index contributed by atoms with van der Waals surface area (Å²) in [5.41, 5.74) is 1.02. The fraction of sp³-hybridized carbons (Fsp3) is 0.364. The molecule has 2 aromatic carbocycles. The van der Waals surface area contributed by atoms with Crippen LogP contribution in [0.3, 0.4) is 0 Å². The minimum Gasteiger partial charge on any atom is -0.490 e. The summed E-state index contributed by atoms with van der Waals surface area (Å²) < 4.78 is 45.1. The Bertz CT molecular complexity index is 1110. The van der Waals surface area contributed by atoms with Crippen LogP contribution in [0.2, 0.25) is 0 Å². The molecular weight excluding hydrogens is 423 g/mol. The lowest BCUT2D eigenvalue weighted by Crippen LogP contribution is -2.52. The lowest BCUT2D eigenvalue weighted by Gasteiger charge is -2.39. The highest BCUT2D eigenvalue weighted by Crippen LogP contribution is 2.42. The normalized spacial score (nSPS) is 16.5. The Kier molecular flexibility index (Phi) is 5.70. The molecule has 31 heavy (non-hydrogen) atoms. The molecule has 4 rings (SSSR count). The van der Waals surface area contributed by atoms with Crippen LogP contribution in [0.25, 0.3) is 0 Å². The smallest absolute Gasteiger partial charge is 0.267 e. The van der Waals surface area contributed by atoms with E-state index in [0.717, 1.165) is 24.7 Å². The first-order valence-corrected chi connectivity index (χ1v) is 11.9. The molecule has 0 radical (unpaired) electrons. The molecule has 0 spiro atoms. The minimum absolute atomic E-state index is 0.0462. The average Bonchev–Trinajstić information content (AvgIpc) is 3.52. The van der Waals surface area contributed by atoms with Gasteiger partial charge in [-0.25, -0.2) is 17.5 Å². The number of nitrogens with one attached hydrogen (secondary N) is 1. The van der Waals surface area contributed by atoms with Crippen molar-refractivity contribution in [3.05, 3.63) is 65.0 Å². The van der Waals surface area contributed by atoms with Crippen LogP contribution in [0, 0.1) is 11.7 Å². The third-order valence-corrected chi connectivity index (χ3v) is 5.93. The van der Waals surface area contributed by atoms with Crippen molar-refractivity contribution in [3.8, 4) is 5.75 Å². The third-order valence-electron chi connectivity index (χ3n) is 5.37. The summed E-state index contributed by atoms with van der Waals surface area (Å²) in [6.45, 7) is 1.19. The van der Waals surface area contributed by atoms with E-state index in [4.69, 9.17) is 4.74 Å². The number of nitrogens with zero attached hydrogens (tertiary/aromatic N) is 1. The van der Waals surface area contributed by atoms with Crippen molar-refractivity contribution < 1.29 is 27.1 Å². The monoisotopic (exact) mass is 446 g/mol. The maximum absolute atomic E-state index is 14.9. The van der Waals surface area contributed by atoms with Crippen molar-refractivity contribution >= 4 is 21.8 Å². The Morgan fingerprint density at radius 3 is 2.45 bits per heavy atom. The summed E-state index contributed by atoms with van der Waals surface area (Å²) in [4.78, 5) is 26.3. The van der Waals surface area contributed by atoms with Gasteiger partial charge in [0, 0.05) is 24.6 Å². The van der Waals surface area contributed by atoms with E-state index in [1.165, 1.54) is 6.07 Å². The van der Waals surface area contributed by atoms with Crippen molar-refractivity contribution in [3.63, 3.8) is 0 Å². The first-order valence-electron chi connectivity index (χ1n) is 10.0. The number of carbonyl (C=O) groups is 2. The second-order valence-electron chi connectivity index (χ2n) is 8.11. The van der Waals surface area contributed by atoms with E-state index < -0.39 is 21.7 Å². The van der Waals surface area contributed by atoms with Gasteiger partial charge >= 0.3 is 0 Å². The standard InChI is InChI=1S/C22H23FN2O5S/c1-31(28,29)24-21(26)18-9-17(15-7-8-15)10-19(20(18)23)30-13-14-11-25(12-14)22(27)16-5-3-2-4-6-16/h2-6,9-10,14-15H,7-8,11-13H2,1H3,(H,24,26). The number of hydrogen-bond donors (Lipinski definition) is 1. The van der Waals surface area contributed by atoms with Gasteiger partial charge in [0.15, 0.2) is 11.6 Å². The molecule has 1 N–H and O–H groups in total. The first-order chi connectivity index (χ1) is 14.7. The van der Waals surface area contributed by atoms with Crippen LogP contribution in [0.5, 0.6) is 5.75 Å². The molecule has 2 aliphatic rings. The summed E-state index contributed by atoms with van der Waals surface area (Å²) in [5.74, 6) is -1.77. The molecule has 1 aliphatic heterocycles. The molecule has 1 heterocycles. The predicted molar refractivity (Wildman–Crippen MR) is 112 cm³/mol. The van der Waals surface area contributed by atoms with Crippen LogP contribution in [-0.4, -0.2) is 51.1 Å². The summed E-state index contributed by atoms with van der Waals surface area (Å²) >= 11 is 0. The van der Waals surface area contributed by atoms with E-state index in [-0.39, 0.29) is 35.7 Å². The molecule has 164 valence electrons. The van der Waals surface area contributed by atoms with Crippen LogP contribution in [0.1, 0.15) is 45.0 Å². The van der Waals surface area contributed by atoms with Crippen LogP contribution < -0.4 is 9.46 Å². The van der Waals surface area contributed by atoms with Crippen molar-refractivity contribution in [2.75, 3.05) is 26.0 Å². The molecule has 7 nitrogen and oxygen atoms in total. The lowest BCUT2D eigenvalue weighted by molar-refractivity contribution is 0.0388. The van der Waals surface area contributed by atoms with Gasteiger partial charge in [-0.05, 0) is 48.6 Å². The third kappa shape index (κ3) is 5.04. The molecule has 1 saturated heterocycles. The van der Waals surface area contributed by atoms with Gasteiger partial charge in [0.25, 0.3) is 11.8 Å². The van der Waals surface area contributed by atoms with E-state index >= 15 is 0 Å². The highest BCUT2D eigenvalue weighted by molar-refractivity contribution is 7.89. The van der Waals surface area contributed by atoms with Gasteiger partial charge in [-0.3, -0.25) is 9.59 Å². The Hall–Kier alpha value is -2.94. The average molecular weight is 447 g/mol. The van der Waals surface area contributed by atoms with E-state index in [0.29, 0.717) is 18.7 Å². The molecule has 0 bridgehead atoms.